The third-order valence-electron chi connectivity index (χ3n) is 5.30. The van der Waals surface area contributed by atoms with Gasteiger partial charge in [-0.1, -0.05) is 72.8 Å². The minimum atomic E-state index is -0.127. The molecule has 0 saturated carbocycles. The van der Waals surface area contributed by atoms with Gasteiger partial charge in [0.1, 0.15) is 0 Å². The number of nitrogens with one attached hydrogen (secondary N) is 1. The quantitative estimate of drug-likeness (QED) is 0.423. The van der Waals surface area contributed by atoms with Crippen molar-refractivity contribution >= 4 is 29.3 Å². The molecule has 32 heavy (non-hydrogen) atoms. The highest BCUT2D eigenvalue weighted by atomic mass is 35.5. The van der Waals surface area contributed by atoms with Gasteiger partial charge in [0, 0.05) is 5.02 Å². The normalized spacial score (nSPS) is 13.2. The summed E-state index contributed by atoms with van der Waals surface area (Å²) in [6.07, 6.45) is 0.919. The van der Waals surface area contributed by atoms with Gasteiger partial charge in [-0.05, 0) is 50.7 Å². The number of rotatable bonds is 10. The molecule has 2 atom stereocenters. The van der Waals surface area contributed by atoms with Crippen LogP contribution in [0.15, 0.2) is 59.8 Å². The van der Waals surface area contributed by atoms with Crippen LogP contribution in [-0.2, 0) is 11.3 Å². The van der Waals surface area contributed by atoms with Crippen LogP contribution in [0.25, 0.3) is 0 Å². The molecule has 6 nitrogen and oxygen atoms in total. The zero-order chi connectivity index (χ0) is 23.1. The molecule has 0 bridgehead atoms. The predicted molar refractivity (Wildman–Crippen MR) is 131 cm³/mol. The number of amides is 1. The summed E-state index contributed by atoms with van der Waals surface area (Å²) in [6, 6.07) is 17.8. The lowest BCUT2D eigenvalue weighted by Crippen LogP contribution is -2.28. The lowest BCUT2D eigenvalue weighted by atomic mass is 10.1. The van der Waals surface area contributed by atoms with E-state index in [4.69, 9.17) is 11.6 Å². The van der Waals surface area contributed by atoms with Crippen molar-refractivity contribution in [2.45, 2.75) is 44.1 Å². The first-order valence-electron chi connectivity index (χ1n) is 10.7. The van der Waals surface area contributed by atoms with Gasteiger partial charge in [-0.3, -0.25) is 9.69 Å². The van der Waals surface area contributed by atoms with Gasteiger partial charge in [0.05, 0.1) is 24.4 Å². The van der Waals surface area contributed by atoms with Crippen LogP contribution in [0.5, 0.6) is 0 Å². The molecule has 0 aliphatic heterocycles. The second kappa shape index (κ2) is 11.5. The molecule has 0 aliphatic rings. The van der Waals surface area contributed by atoms with Crippen molar-refractivity contribution in [2.75, 3.05) is 19.8 Å². The van der Waals surface area contributed by atoms with E-state index in [-0.39, 0.29) is 23.7 Å². The second-order valence-corrected chi connectivity index (χ2v) is 9.31. The molecular formula is C24H30ClN5OS. The molecule has 170 valence electrons. The third-order valence-corrected chi connectivity index (χ3v) is 6.50. The third kappa shape index (κ3) is 6.34. The Bertz CT molecular complexity index is 1020. The highest BCUT2D eigenvalue weighted by Gasteiger charge is 2.23. The van der Waals surface area contributed by atoms with Gasteiger partial charge in [0.25, 0.3) is 0 Å². The highest BCUT2D eigenvalue weighted by molar-refractivity contribution is 7.99. The van der Waals surface area contributed by atoms with Crippen LogP contribution in [0.4, 0.5) is 0 Å². The summed E-state index contributed by atoms with van der Waals surface area (Å²) < 4.78 is 2.13. The SMILES string of the molecule is CC[C@H](c1nnc(SCC(=O)N[C@@H](C)c2cccc(Cl)c2)n1Cc1ccccc1)N(C)C. The molecular weight excluding hydrogens is 442 g/mol. The first-order valence-corrected chi connectivity index (χ1v) is 12.1. The summed E-state index contributed by atoms with van der Waals surface area (Å²) in [5, 5.41) is 13.4. The van der Waals surface area contributed by atoms with E-state index in [1.54, 1.807) is 0 Å². The Morgan fingerprint density at radius 1 is 1.16 bits per heavy atom. The molecule has 0 fully saturated rings. The molecule has 0 unspecified atom stereocenters. The van der Waals surface area contributed by atoms with E-state index < -0.39 is 0 Å². The molecule has 1 aromatic heterocycles. The summed E-state index contributed by atoms with van der Waals surface area (Å²) in [5.74, 6) is 1.12. The minimum absolute atomic E-state index is 0.0575. The molecule has 0 aliphatic carbocycles. The maximum Gasteiger partial charge on any atom is 0.230 e. The molecule has 1 heterocycles. The highest BCUT2D eigenvalue weighted by Crippen LogP contribution is 2.26. The molecule has 1 amide bonds. The Balaban J connectivity index is 1.73. The number of carbonyl (C=O) groups is 1. The molecule has 3 rings (SSSR count). The van der Waals surface area contributed by atoms with Crippen LogP contribution >= 0.6 is 23.4 Å². The van der Waals surface area contributed by atoms with Gasteiger partial charge in [-0.2, -0.15) is 0 Å². The Labute approximate surface area is 199 Å². The van der Waals surface area contributed by atoms with E-state index in [0.717, 1.165) is 23.0 Å². The summed E-state index contributed by atoms with van der Waals surface area (Å²) >= 11 is 7.48. The van der Waals surface area contributed by atoms with Crippen LogP contribution in [0, 0.1) is 0 Å². The topological polar surface area (TPSA) is 63.1 Å². The summed E-state index contributed by atoms with van der Waals surface area (Å²) in [7, 11) is 4.10. The number of halogens is 1. The largest absolute Gasteiger partial charge is 0.349 e. The van der Waals surface area contributed by atoms with Crippen molar-refractivity contribution in [1.82, 2.24) is 25.0 Å². The Kier molecular flexibility index (Phi) is 8.73. The molecule has 1 N–H and O–H groups in total. The Hall–Kier alpha value is -2.35. The van der Waals surface area contributed by atoms with Gasteiger partial charge in [0.15, 0.2) is 11.0 Å². The number of benzene rings is 2. The van der Waals surface area contributed by atoms with Crippen LogP contribution in [0.1, 0.15) is 49.3 Å². The van der Waals surface area contributed by atoms with E-state index in [9.17, 15) is 4.79 Å². The van der Waals surface area contributed by atoms with Gasteiger partial charge in [-0.25, -0.2) is 0 Å². The van der Waals surface area contributed by atoms with Crippen molar-refractivity contribution in [2.24, 2.45) is 0 Å². The molecule has 0 spiro atoms. The first-order chi connectivity index (χ1) is 15.4. The summed E-state index contributed by atoms with van der Waals surface area (Å²) in [6.45, 7) is 4.76. The number of thioether (sulfide) groups is 1. The minimum Gasteiger partial charge on any atom is -0.349 e. The number of aromatic nitrogens is 3. The molecule has 3 aromatic rings. The van der Waals surface area contributed by atoms with Crippen LogP contribution in [0.2, 0.25) is 5.02 Å². The van der Waals surface area contributed by atoms with E-state index >= 15 is 0 Å². The Morgan fingerprint density at radius 3 is 2.56 bits per heavy atom. The number of hydrogen-bond donors (Lipinski definition) is 1. The van der Waals surface area contributed by atoms with Crippen LogP contribution in [-0.4, -0.2) is 45.4 Å². The molecule has 2 aromatic carbocycles. The van der Waals surface area contributed by atoms with Crippen molar-refractivity contribution in [3.63, 3.8) is 0 Å². The van der Waals surface area contributed by atoms with Crippen molar-refractivity contribution < 1.29 is 4.79 Å². The molecule has 8 heteroatoms. The fourth-order valence-electron chi connectivity index (χ4n) is 3.62. The fourth-order valence-corrected chi connectivity index (χ4v) is 4.57. The second-order valence-electron chi connectivity index (χ2n) is 7.93. The van der Waals surface area contributed by atoms with Crippen LogP contribution in [0.3, 0.4) is 0 Å². The molecule has 0 radical (unpaired) electrons. The van der Waals surface area contributed by atoms with Crippen molar-refractivity contribution in [3.05, 3.63) is 76.6 Å². The average molecular weight is 472 g/mol. The van der Waals surface area contributed by atoms with Gasteiger partial charge in [-0.15, -0.1) is 10.2 Å². The maximum atomic E-state index is 12.6. The fraction of sp³-hybridized carbons (Fsp3) is 0.375. The first kappa shape index (κ1) is 24.3. The van der Waals surface area contributed by atoms with Gasteiger partial charge < -0.3 is 9.88 Å². The van der Waals surface area contributed by atoms with E-state index in [0.29, 0.717) is 11.6 Å². The monoisotopic (exact) mass is 471 g/mol. The predicted octanol–water partition coefficient (Wildman–Crippen LogP) is 4.96. The maximum absolute atomic E-state index is 12.6. The van der Waals surface area contributed by atoms with Crippen LogP contribution < -0.4 is 5.32 Å². The lowest BCUT2D eigenvalue weighted by molar-refractivity contribution is -0.119. The van der Waals surface area contributed by atoms with Crippen molar-refractivity contribution in [1.29, 1.82) is 0 Å². The molecule has 0 saturated heterocycles. The van der Waals surface area contributed by atoms with Crippen molar-refractivity contribution in [3.8, 4) is 0 Å². The van der Waals surface area contributed by atoms with E-state index in [1.165, 1.54) is 17.3 Å². The number of carbonyl (C=O) groups excluding carboxylic acids is 1. The average Bonchev–Trinajstić information content (AvgIpc) is 3.15. The summed E-state index contributed by atoms with van der Waals surface area (Å²) in [4.78, 5) is 14.8. The number of hydrogen-bond acceptors (Lipinski definition) is 5. The van der Waals surface area contributed by atoms with E-state index in [1.807, 2.05) is 63.5 Å². The van der Waals surface area contributed by atoms with E-state index in [2.05, 4.69) is 44.0 Å². The van der Waals surface area contributed by atoms with Gasteiger partial charge >= 0.3 is 0 Å². The zero-order valence-corrected chi connectivity index (χ0v) is 20.5. The smallest absolute Gasteiger partial charge is 0.230 e. The number of nitrogens with zero attached hydrogens (tertiary/aromatic N) is 4. The standard InChI is InChI=1S/C24H30ClN5OS/c1-5-21(29(3)4)23-27-28-24(30(23)15-18-10-7-6-8-11-18)32-16-22(31)26-17(2)19-12-9-13-20(25)14-19/h6-14,17,21H,5,15-16H2,1-4H3,(H,26,31)/t17-,21+/m0/s1. The zero-order valence-electron chi connectivity index (χ0n) is 19.0. The van der Waals surface area contributed by atoms with Gasteiger partial charge in [0.2, 0.25) is 5.91 Å². The lowest BCUT2D eigenvalue weighted by Gasteiger charge is -2.23. The summed E-state index contributed by atoms with van der Waals surface area (Å²) in [5.41, 5.74) is 2.14. The Morgan fingerprint density at radius 2 is 1.91 bits per heavy atom.